The summed E-state index contributed by atoms with van der Waals surface area (Å²) in [5.41, 5.74) is 4.66. The summed E-state index contributed by atoms with van der Waals surface area (Å²) in [6.45, 7) is 4.18. The summed E-state index contributed by atoms with van der Waals surface area (Å²) in [6.07, 6.45) is 1.43. The predicted molar refractivity (Wildman–Crippen MR) is 82.0 cm³/mol. The number of carbonyl (C=O) groups excluding carboxylic acids is 1. The molecule has 0 saturated carbocycles. The normalized spacial score (nSPS) is 17.1. The van der Waals surface area contributed by atoms with Crippen LogP contribution in [0.3, 0.4) is 0 Å². The molecule has 1 aliphatic heterocycles. The van der Waals surface area contributed by atoms with Crippen molar-refractivity contribution < 1.29 is 4.79 Å². The van der Waals surface area contributed by atoms with Gasteiger partial charge in [0.05, 0.1) is 6.42 Å². The van der Waals surface area contributed by atoms with Crippen LogP contribution in [0.4, 0.5) is 5.69 Å². The standard InChI is InChI=1S/C18H19NO/c1-13-7-3-4-8-15(13)12-18(20)19-14(2)11-16-9-5-6-10-17(16)19/h3-10,14H,11-12H2,1-2H3. The van der Waals surface area contributed by atoms with Gasteiger partial charge >= 0.3 is 0 Å². The topological polar surface area (TPSA) is 20.3 Å². The fraction of sp³-hybridized carbons (Fsp3) is 0.278. The molecule has 0 aliphatic carbocycles. The lowest BCUT2D eigenvalue weighted by atomic mass is 10.1. The second-order valence-corrected chi connectivity index (χ2v) is 5.55. The number of hydrogen-bond donors (Lipinski definition) is 0. The summed E-state index contributed by atoms with van der Waals surface area (Å²) in [5.74, 6) is 0.191. The molecule has 3 rings (SSSR count). The van der Waals surface area contributed by atoms with E-state index in [1.165, 1.54) is 11.1 Å². The molecule has 1 amide bonds. The van der Waals surface area contributed by atoms with E-state index in [4.69, 9.17) is 0 Å². The van der Waals surface area contributed by atoms with E-state index in [0.717, 1.165) is 17.7 Å². The Kier molecular flexibility index (Phi) is 3.31. The predicted octanol–water partition coefficient (Wildman–Crippen LogP) is 3.52. The van der Waals surface area contributed by atoms with Crippen LogP contribution in [-0.4, -0.2) is 11.9 Å². The maximum Gasteiger partial charge on any atom is 0.231 e. The van der Waals surface area contributed by atoms with Crippen molar-refractivity contribution in [1.29, 1.82) is 0 Å². The lowest BCUT2D eigenvalue weighted by Gasteiger charge is -2.23. The van der Waals surface area contributed by atoms with Crippen LogP contribution in [0, 0.1) is 6.92 Å². The highest BCUT2D eigenvalue weighted by Gasteiger charge is 2.30. The van der Waals surface area contributed by atoms with Gasteiger partial charge in [-0.05, 0) is 43.0 Å². The molecule has 2 aromatic carbocycles. The van der Waals surface area contributed by atoms with Gasteiger partial charge in [-0.2, -0.15) is 0 Å². The van der Waals surface area contributed by atoms with Gasteiger partial charge in [0.2, 0.25) is 5.91 Å². The van der Waals surface area contributed by atoms with Crippen molar-refractivity contribution in [3.05, 3.63) is 65.2 Å². The van der Waals surface area contributed by atoms with E-state index < -0.39 is 0 Å². The Hall–Kier alpha value is -2.09. The van der Waals surface area contributed by atoms with E-state index in [-0.39, 0.29) is 11.9 Å². The minimum absolute atomic E-state index is 0.191. The third-order valence-corrected chi connectivity index (χ3v) is 4.08. The van der Waals surface area contributed by atoms with Gasteiger partial charge in [-0.3, -0.25) is 4.79 Å². The average molecular weight is 265 g/mol. The number of benzene rings is 2. The number of hydrogen-bond acceptors (Lipinski definition) is 1. The summed E-state index contributed by atoms with van der Waals surface area (Å²) in [4.78, 5) is 14.6. The van der Waals surface area contributed by atoms with Crippen molar-refractivity contribution in [2.45, 2.75) is 32.7 Å². The number of amides is 1. The summed E-state index contributed by atoms with van der Waals surface area (Å²) in [6, 6.07) is 16.6. The largest absolute Gasteiger partial charge is 0.309 e. The second-order valence-electron chi connectivity index (χ2n) is 5.55. The molecule has 2 nitrogen and oxygen atoms in total. The van der Waals surface area contributed by atoms with Gasteiger partial charge in [-0.15, -0.1) is 0 Å². The Balaban J connectivity index is 1.86. The van der Waals surface area contributed by atoms with E-state index in [1.54, 1.807) is 0 Å². The summed E-state index contributed by atoms with van der Waals surface area (Å²) in [5, 5.41) is 0. The molecule has 1 unspecified atom stereocenters. The summed E-state index contributed by atoms with van der Waals surface area (Å²) < 4.78 is 0. The number of carbonyl (C=O) groups is 1. The molecule has 20 heavy (non-hydrogen) atoms. The van der Waals surface area contributed by atoms with Gasteiger partial charge in [-0.25, -0.2) is 0 Å². The highest BCUT2D eigenvalue weighted by molar-refractivity contribution is 5.97. The van der Waals surface area contributed by atoms with Gasteiger partial charge < -0.3 is 4.90 Å². The lowest BCUT2D eigenvalue weighted by molar-refractivity contribution is -0.118. The molecule has 0 N–H and O–H groups in total. The lowest BCUT2D eigenvalue weighted by Crippen LogP contribution is -2.36. The fourth-order valence-corrected chi connectivity index (χ4v) is 3.00. The van der Waals surface area contributed by atoms with Gasteiger partial charge in [0.25, 0.3) is 0 Å². The number of rotatable bonds is 2. The molecular weight excluding hydrogens is 246 g/mol. The molecule has 0 bridgehead atoms. The third kappa shape index (κ3) is 2.22. The van der Waals surface area contributed by atoms with Gasteiger partial charge in [0, 0.05) is 11.7 Å². The number of para-hydroxylation sites is 1. The molecule has 0 fully saturated rings. The number of nitrogens with zero attached hydrogens (tertiary/aromatic N) is 1. The quantitative estimate of drug-likeness (QED) is 0.813. The maximum atomic E-state index is 12.7. The smallest absolute Gasteiger partial charge is 0.231 e. The second kappa shape index (κ2) is 5.12. The van der Waals surface area contributed by atoms with Crippen LogP contribution in [0.15, 0.2) is 48.5 Å². The molecule has 1 heterocycles. The van der Waals surface area contributed by atoms with Crippen LogP contribution in [0.1, 0.15) is 23.6 Å². The molecule has 2 aromatic rings. The van der Waals surface area contributed by atoms with Crippen molar-refractivity contribution in [1.82, 2.24) is 0 Å². The monoisotopic (exact) mass is 265 g/mol. The minimum atomic E-state index is 0.191. The molecule has 102 valence electrons. The SMILES string of the molecule is Cc1ccccc1CC(=O)N1c2ccccc2CC1C. The number of aryl methyl sites for hydroxylation is 1. The molecular formula is C18H19NO. The molecule has 2 heteroatoms. The first-order valence-corrected chi connectivity index (χ1v) is 7.11. The van der Waals surface area contributed by atoms with E-state index in [2.05, 4.69) is 32.0 Å². The van der Waals surface area contributed by atoms with Gasteiger partial charge in [0.15, 0.2) is 0 Å². The Morgan fingerprint density at radius 2 is 1.85 bits per heavy atom. The van der Waals surface area contributed by atoms with E-state index in [0.29, 0.717) is 6.42 Å². The van der Waals surface area contributed by atoms with Gasteiger partial charge in [0.1, 0.15) is 0 Å². The zero-order valence-electron chi connectivity index (χ0n) is 12.0. The Labute approximate surface area is 120 Å². The van der Waals surface area contributed by atoms with Crippen molar-refractivity contribution in [2.75, 3.05) is 4.90 Å². The fourth-order valence-electron chi connectivity index (χ4n) is 3.00. The van der Waals surface area contributed by atoms with E-state index in [9.17, 15) is 4.79 Å². The highest BCUT2D eigenvalue weighted by Crippen LogP contribution is 2.32. The molecule has 0 aromatic heterocycles. The molecule has 1 aliphatic rings. The average Bonchev–Trinajstić information content (AvgIpc) is 2.77. The van der Waals surface area contributed by atoms with Crippen LogP contribution in [-0.2, 0) is 17.6 Å². The van der Waals surface area contributed by atoms with Crippen LogP contribution in [0.5, 0.6) is 0 Å². The molecule has 0 saturated heterocycles. The summed E-state index contributed by atoms with van der Waals surface area (Å²) in [7, 11) is 0. The van der Waals surface area contributed by atoms with Crippen LogP contribution in [0.25, 0.3) is 0 Å². The zero-order chi connectivity index (χ0) is 14.1. The van der Waals surface area contributed by atoms with Crippen LogP contribution < -0.4 is 4.90 Å². The van der Waals surface area contributed by atoms with Gasteiger partial charge in [-0.1, -0.05) is 42.5 Å². The molecule has 1 atom stereocenters. The van der Waals surface area contributed by atoms with Crippen molar-refractivity contribution in [3.63, 3.8) is 0 Å². The molecule has 0 spiro atoms. The number of fused-ring (bicyclic) bond motifs is 1. The zero-order valence-corrected chi connectivity index (χ0v) is 12.0. The number of anilines is 1. The van der Waals surface area contributed by atoms with E-state index >= 15 is 0 Å². The first-order valence-electron chi connectivity index (χ1n) is 7.11. The third-order valence-electron chi connectivity index (χ3n) is 4.08. The first kappa shape index (κ1) is 12.9. The van der Waals surface area contributed by atoms with Crippen molar-refractivity contribution >= 4 is 11.6 Å². The highest BCUT2D eigenvalue weighted by atomic mass is 16.2. The Morgan fingerprint density at radius 1 is 1.15 bits per heavy atom. The Bertz CT molecular complexity index is 647. The van der Waals surface area contributed by atoms with E-state index in [1.807, 2.05) is 35.2 Å². The molecule has 0 radical (unpaired) electrons. The first-order chi connectivity index (χ1) is 9.66. The summed E-state index contributed by atoms with van der Waals surface area (Å²) >= 11 is 0. The van der Waals surface area contributed by atoms with Crippen LogP contribution in [0.2, 0.25) is 0 Å². The Morgan fingerprint density at radius 3 is 2.65 bits per heavy atom. The maximum absolute atomic E-state index is 12.7. The minimum Gasteiger partial charge on any atom is -0.309 e. The van der Waals surface area contributed by atoms with Crippen molar-refractivity contribution in [2.24, 2.45) is 0 Å². The van der Waals surface area contributed by atoms with Crippen LogP contribution >= 0.6 is 0 Å². The van der Waals surface area contributed by atoms with Crippen molar-refractivity contribution in [3.8, 4) is 0 Å².